The first kappa shape index (κ1) is 14.8. The standard InChI is InChI=1S/C16H29NO2/c1-13(15-5-3-2-4-6-15)17-11-9-14(10-12-17)7-8-16(18)19/h13-15H,2-12H2,1H3,(H,18,19). The Kier molecular flexibility index (Phi) is 5.68. The van der Waals surface area contributed by atoms with Crippen LogP contribution >= 0.6 is 0 Å². The molecule has 0 aromatic heterocycles. The number of piperidine rings is 1. The van der Waals surface area contributed by atoms with Crippen LogP contribution in [-0.4, -0.2) is 35.1 Å². The van der Waals surface area contributed by atoms with Crippen LogP contribution in [-0.2, 0) is 4.79 Å². The molecule has 1 unspecified atom stereocenters. The van der Waals surface area contributed by atoms with E-state index in [4.69, 9.17) is 5.11 Å². The van der Waals surface area contributed by atoms with Gasteiger partial charge in [-0.2, -0.15) is 0 Å². The monoisotopic (exact) mass is 267 g/mol. The fraction of sp³-hybridized carbons (Fsp3) is 0.938. The van der Waals surface area contributed by atoms with Crippen molar-refractivity contribution in [3.05, 3.63) is 0 Å². The van der Waals surface area contributed by atoms with E-state index in [9.17, 15) is 4.79 Å². The largest absolute Gasteiger partial charge is 0.481 e. The van der Waals surface area contributed by atoms with Gasteiger partial charge in [-0.1, -0.05) is 19.3 Å². The molecule has 0 bridgehead atoms. The Hall–Kier alpha value is -0.570. The van der Waals surface area contributed by atoms with Crippen molar-refractivity contribution in [2.45, 2.75) is 70.8 Å². The molecule has 19 heavy (non-hydrogen) atoms. The van der Waals surface area contributed by atoms with E-state index in [1.165, 1.54) is 58.0 Å². The van der Waals surface area contributed by atoms with Gasteiger partial charge < -0.3 is 10.0 Å². The zero-order valence-electron chi connectivity index (χ0n) is 12.3. The van der Waals surface area contributed by atoms with Crippen LogP contribution in [0.5, 0.6) is 0 Å². The number of likely N-dealkylation sites (tertiary alicyclic amines) is 1. The van der Waals surface area contributed by atoms with Crippen molar-refractivity contribution in [3.8, 4) is 0 Å². The summed E-state index contributed by atoms with van der Waals surface area (Å²) in [7, 11) is 0. The van der Waals surface area contributed by atoms with Crippen molar-refractivity contribution in [3.63, 3.8) is 0 Å². The first-order chi connectivity index (χ1) is 9.16. The normalized spacial score (nSPS) is 25.3. The highest BCUT2D eigenvalue weighted by Crippen LogP contribution is 2.31. The molecule has 110 valence electrons. The van der Waals surface area contributed by atoms with Crippen LogP contribution in [0.1, 0.15) is 64.7 Å². The zero-order chi connectivity index (χ0) is 13.7. The summed E-state index contributed by atoms with van der Waals surface area (Å²) in [6, 6.07) is 0.737. The van der Waals surface area contributed by atoms with Crippen molar-refractivity contribution >= 4 is 5.97 Å². The van der Waals surface area contributed by atoms with E-state index in [1.54, 1.807) is 0 Å². The van der Waals surface area contributed by atoms with Gasteiger partial charge in [0.15, 0.2) is 0 Å². The van der Waals surface area contributed by atoms with E-state index in [1.807, 2.05) is 0 Å². The summed E-state index contributed by atoms with van der Waals surface area (Å²) in [5, 5.41) is 8.74. The molecule has 2 fully saturated rings. The number of carbonyl (C=O) groups is 1. The topological polar surface area (TPSA) is 40.5 Å². The molecule has 1 N–H and O–H groups in total. The molecule has 2 rings (SSSR count). The number of hydrogen-bond donors (Lipinski definition) is 1. The highest BCUT2D eigenvalue weighted by atomic mass is 16.4. The quantitative estimate of drug-likeness (QED) is 0.828. The second-order valence-corrected chi connectivity index (χ2v) is 6.55. The summed E-state index contributed by atoms with van der Waals surface area (Å²) in [4.78, 5) is 13.3. The SMILES string of the molecule is CC(C1CCCCC1)N1CCC(CCC(=O)O)CC1. The number of carboxylic acids is 1. The van der Waals surface area contributed by atoms with Gasteiger partial charge in [-0.15, -0.1) is 0 Å². The van der Waals surface area contributed by atoms with Crippen LogP contribution in [0.15, 0.2) is 0 Å². The Balaban J connectivity index is 1.71. The van der Waals surface area contributed by atoms with Gasteiger partial charge >= 0.3 is 5.97 Å². The lowest BCUT2D eigenvalue weighted by Crippen LogP contribution is -2.44. The van der Waals surface area contributed by atoms with Crippen LogP contribution in [0.25, 0.3) is 0 Å². The van der Waals surface area contributed by atoms with E-state index in [-0.39, 0.29) is 0 Å². The Morgan fingerprint density at radius 3 is 2.37 bits per heavy atom. The molecule has 0 amide bonds. The Bertz CT molecular complexity index is 278. The van der Waals surface area contributed by atoms with Gasteiger partial charge in [0.05, 0.1) is 0 Å². The summed E-state index contributed by atoms with van der Waals surface area (Å²) in [5.74, 6) is 0.910. The summed E-state index contributed by atoms with van der Waals surface area (Å²) in [5.41, 5.74) is 0. The summed E-state index contributed by atoms with van der Waals surface area (Å²) >= 11 is 0. The third-order valence-corrected chi connectivity index (χ3v) is 5.32. The van der Waals surface area contributed by atoms with Crippen molar-refractivity contribution in [1.82, 2.24) is 4.90 Å². The first-order valence-corrected chi connectivity index (χ1v) is 8.12. The van der Waals surface area contributed by atoms with Crippen LogP contribution < -0.4 is 0 Å². The van der Waals surface area contributed by atoms with Crippen LogP contribution in [0.4, 0.5) is 0 Å². The molecular formula is C16H29NO2. The van der Waals surface area contributed by atoms with Gasteiger partial charge in [-0.25, -0.2) is 0 Å². The highest BCUT2D eigenvalue weighted by molar-refractivity contribution is 5.66. The molecule has 0 aromatic carbocycles. The van der Waals surface area contributed by atoms with Crippen LogP contribution in [0.2, 0.25) is 0 Å². The van der Waals surface area contributed by atoms with Crippen LogP contribution in [0, 0.1) is 11.8 Å². The molecule has 1 saturated heterocycles. The number of aliphatic carboxylic acids is 1. The van der Waals surface area contributed by atoms with Gasteiger partial charge in [0.25, 0.3) is 0 Å². The molecule has 1 heterocycles. The maximum Gasteiger partial charge on any atom is 0.303 e. The van der Waals surface area contributed by atoms with Gasteiger partial charge in [0.1, 0.15) is 0 Å². The Morgan fingerprint density at radius 1 is 1.16 bits per heavy atom. The lowest BCUT2D eigenvalue weighted by molar-refractivity contribution is -0.137. The number of hydrogen-bond acceptors (Lipinski definition) is 2. The molecule has 1 aliphatic carbocycles. The van der Waals surface area contributed by atoms with Crippen molar-refractivity contribution in [2.75, 3.05) is 13.1 Å². The third kappa shape index (κ3) is 4.48. The third-order valence-electron chi connectivity index (χ3n) is 5.32. The molecule has 1 aliphatic heterocycles. The molecule has 2 aliphatic rings. The molecule has 3 heteroatoms. The predicted octanol–water partition coefficient (Wildman–Crippen LogP) is 3.53. The molecule has 3 nitrogen and oxygen atoms in total. The summed E-state index contributed by atoms with van der Waals surface area (Å²) < 4.78 is 0. The van der Waals surface area contributed by atoms with E-state index >= 15 is 0 Å². The fourth-order valence-electron chi connectivity index (χ4n) is 3.89. The Morgan fingerprint density at radius 2 is 1.79 bits per heavy atom. The number of rotatable bonds is 5. The van der Waals surface area contributed by atoms with E-state index in [0.717, 1.165) is 18.4 Å². The molecule has 0 radical (unpaired) electrons. The minimum absolute atomic E-state index is 0.350. The van der Waals surface area contributed by atoms with Gasteiger partial charge in [0.2, 0.25) is 0 Å². The van der Waals surface area contributed by atoms with Gasteiger partial charge in [-0.3, -0.25) is 4.79 Å². The lowest BCUT2D eigenvalue weighted by Gasteiger charge is -2.40. The van der Waals surface area contributed by atoms with E-state index < -0.39 is 5.97 Å². The summed E-state index contributed by atoms with van der Waals surface area (Å²) in [6.45, 7) is 4.78. The lowest BCUT2D eigenvalue weighted by atomic mass is 9.82. The Labute approximate surface area is 117 Å². The molecule has 0 aromatic rings. The van der Waals surface area contributed by atoms with E-state index in [0.29, 0.717) is 12.3 Å². The fourth-order valence-corrected chi connectivity index (χ4v) is 3.89. The molecular weight excluding hydrogens is 238 g/mol. The van der Waals surface area contributed by atoms with Crippen molar-refractivity contribution in [1.29, 1.82) is 0 Å². The maximum atomic E-state index is 10.6. The number of carboxylic acid groups (broad SMARTS) is 1. The minimum Gasteiger partial charge on any atom is -0.481 e. The van der Waals surface area contributed by atoms with Crippen LogP contribution in [0.3, 0.4) is 0 Å². The minimum atomic E-state index is -0.641. The highest BCUT2D eigenvalue weighted by Gasteiger charge is 2.28. The van der Waals surface area contributed by atoms with E-state index in [2.05, 4.69) is 11.8 Å². The first-order valence-electron chi connectivity index (χ1n) is 8.12. The van der Waals surface area contributed by atoms with Gasteiger partial charge in [0, 0.05) is 12.5 Å². The molecule has 1 atom stereocenters. The van der Waals surface area contributed by atoms with Gasteiger partial charge in [-0.05, 0) is 64.0 Å². The zero-order valence-corrected chi connectivity index (χ0v) is 12.3. The second kappa shape index (κ2) is 7.28. The maximum absolute atomic E-state index is 10.6. The number of nitrogens with zero attached hydrogens (tertiary/aromatic N) is 1. The smallest absolute Gasteiger partial charge is 0.303 e. The average Bonchev–Trinajstić information content (AvgIpc) is 2.46. The van der Waals surface area contributed by atoms with Crippen molar-refractivity contribution < 1.29 is 9.90 Å². The second-order valence-electron chi connectivity index (χ2n) is 6.55. The average molecular weight is 267 g/mol. The van der Waals surface area contributed by atoms with Crippen molar-refractivity contribution in [2.24, 2.45) is 11.8 Å². The predicted molar refractivity (Wildman–Crippen MR) is 77.2 cm³/mol. The summed E-state index contributed by atoms with van der Waals surface area (Å²) in [6.07, 6.45) is 10.7. The molecule has 0 spiro atoms. The molecule has 1 saturated carbocycles.